The molecular formula is C19H13ClN2O. The second kappa shape index (κ2) is 5.52. The molecule has 112 valence electrons. The number of phenols is 1. The number of nitrogens with zero attached hydrogens (tertiary/aromatic N) is 2. The first-order chi connectivity index (χ1) is 11.2. The number of halogens is 1. The van der Waals surface area contributed by atoms with E-state index in [0.717, 1.165) is 27.7 Å². The van der Waals surface area contributed by atoms with Crippen LogP contribution >= 0.6 is 11.6 Å². The van der Waals surface area contributed by atoms with Crippen LogP contribution in [0.1, 0.15) is 11.1 Å². The Labute approximate surface area is 138 Å². The van der Waals surface area contributed by atoms with E-state index in [1.807, 2.05) is 54.6 Å². The summed E-state index contributed by atoms with van der Waals surface area (Å²) < 4.78 is 0. The van der Waals surface area contributed by atoms with E-state index >= 15 is 0 Å². The molecule has 4 heteroatoms. The first-order valence-corrected chi connectivity index (χ1v) is 7.70. The van der Waals surface area contributed by atoms with Gasteiger partial charge in [-0.2, -0.15) is 0 Å². The van der Waals surface area contributed by atoms with E-state index in [4.69, 9.17) is 11.6 Å². The molecule has 0 aliphatic heterocycles. The first-order valence-electron chi connectivity index (χ1n) is 7.32. The second-order valence-electron chi connectivity index (χ2n) is 5.45. The molecule has 0 saturated carbocycles. The molecule has 23 heavy (non-hydrogen) atoms. The highest BCUT2D eigenvalue weighted by atomic mass is 35.5. The number of aromatic hydroxyl groups is 1. The largest absolute Gasteiger partial charge is 0.508 e. The molecule has 1 N–H and O–H groups in total. The highest BCUT2D eigenvalue weighted by Gasteiger charge is 2.10. The summed E-state index contributed by atoms with van der Waals surface area (Å²) in [4.78, 5) is 9.19. The van der Waals surface area contributed by atoms with Crippen molar-refractivity contribution >= 4 is 33.7 Å². The topological polar surface area (TPSA) is 46.0 Å². The molecule has 0 aliphatic carbocycles. The molecule has 3 aromatic carbocycles. The molecule has 3 nitrogen and oxygen atoms in total. The predicted octanol–water partition coefficient (Wildman–Crippen LogP) is 4.73. The Morgan fingerprint density at radius 1 is 0.739 bits per heavy atom. The maximum Gasteiger partial charge on any atom is 0.121 e. The molecular weight excluding hydrogens is 308 g/mol. The maximum absolute atomic E-state index is 10.3. The molecule has 1 heterocycles. The third kappa shape index (κ3) is 2.60. The summed E-state index contributed by atoms with van der Waals surface area (Å²) in [6.45, 7) is 0. The van der Waals surface area contributed by atoms with E-state index in [0.29, 0.717) is 17.0 Å². The average Bonchev–Trinajstić information content (AvgIpc) is 2.56. The Hall–Kier alpha value is -2.65. The fourth-order valence-electron chi connectivity index (χ4n) is 2.69. The number of hydrogen-bond donors (Lipinski definition) is 1. The van der Waals surface area contributed by atoms with Gasteiger partial charge in [0.15, 0.2) is 0 Å². The van der Waals surface area contributed by atoms with Crippen molar-refractivity contribution in [1.29, 1.82) is 0 Å². The van der Waals surface area contributed by atoms with Crippen LogP contribution in [0.3, 0.4) is 0 Å². The molecule has 0 unspecified atom stereocenters. The van der Waals surface area contributed by atoms with Gasteiger partial charge in [-0.05, 0) is 29.8 Å². The van der Waals surface area contributed by atoms with E-state index in [1.54, 1.807) is 6.07 Å². The number of aromatic nitrogens is 2. The zero-order valence-electron chi connectivity index (χ0n) is 12.2. The van der Waals surface area contributed by atoms with Gasteiger partial charge in [-0.1, -0.05) is 41.9 Å². The fourth-order valence-corrected chi connectivity index (χ4v) is 2.89. The number of fused-ring (bicyclic) bond motifs is 2. The van der Waals surface area contributed by atoms with Crippen LogP contribution in [-0.4, -0.2) is 15.1 Å². The van der Waals surface area contributed by atoms with Crippen LogP contribution in [0.4, 0.5) is 0 Å². The van der Waals surface area contributed by atoms with Crippen molar-refractivity contribution in [2.75, 3.05) is 0 Å². The summed E-state index contributed by atoms with van der Waals surface area (Å²) in [5.41, 5.74) is 4.87. The van der Waals surface area contributed by atoms with Crippen LogP contribution in [0.25, 0.3) is 22.1 Å². The van der Waals surface area contributed by atoms with E-state index in [-0.39, 0.29) is 5.75 Å². The van der Waals surface area contributed by atoms with Gasteiger partial charge in [-0.15, -0.1) is 0 Å². The number of benzene rings is 3. The molecule has 0 fully saturated rings. The van der Waals surface area contributed by atoms with Crippen molar-refractivity contribution in [3.63, 3.8) is 0 Å². The molecule has 4 aromatic rings. The van der Waals surface area contributed by atoms with Crippen LogP contribution in [0.2, 0.25) is 5.02 Å². The minimum atomic E-state index is 0.210. The van der Waals surface area contributed by atoms with Crippen molar-refractivity contribution in [2.45, 2.75) is 6.42 Å². The Morgan fingerprint density at radius 2 is 1.35 bits per heavy atom. The van der Waals surface area contributed by atoms with Gasteiger partial charge in [0.25, 0.3) is 0 Å². The minimum absolute atomic E-state index is 0.210. The van der Waals surface area contributed by atoms with Gasteiger partial charge in [0, 0.05) is 23.1 Å². The molecule has 1 aromatic heterocycles. The highest BCUT2D eigenvalue weighted by molar-refractivity contribution is 6.31. The fraction of sp³-hybridized carbons (Fsp3) is 0.0526. The van der Waals surface area contributed by atoms with Gasteiger partial charge >= 0.3 is 0 Å². The normalized spacial score (nSPS) is 11.2. The number of hydrogen-bond acceptors (Lipinski definition) is 3. The minimum Gasteiger partial charge on any atom is -0.508 e. The lowest BCUT2D eigenvalue weighted by Gasteiger charge is -2.08. The molecule has 0 aliphatic rings. The summed E-state index contributed by atoms with van der Waals surface area (Å²) in [5, 5.41) is 11.0. The van der Waals surface area contributed by atoms with Crippen molar-refractivity contribution in [2.24, 2.45) is 0 Å². The Bertz CT molecular complexity index is 1030. The number of rotatable bonds is 2. The van der Waals surface area contributed by atoms with Crippen molar-refractivity contribution in [3.8, 4) is 5.75 Å². The predicted molar refractivity (Wildman–Crippen MR) is 93.0 cm³/mol. The molecule has 0 radical (unpaired) electrons. The quantitative estimate of drug-likeness (QED) is 0.543. The summed E-state index contributed by atoms with van der Waals surface area (Å²) >= 11 is 6.21. The van der Waals surface area contributed by atoms with Crippen molar-refractivity contribution in [3.05, 3.63) is 76.8 Å². The van der Waals surface area contributed by atoms with Crippen molar-refractivity contribution in [1.82, 2.24) is 9.97 Å². The lowest BCUT2D eigenvalue weighted by molar-refractivity contribution is 0.470. The Balaban J connectivity index is 1.85. The molecule has 0 amide bonds. The van der Waals surface area contributed by atoms with Crippen LogP contribution in [0.15, 0.2) is 60.7 Å². The van der Waals surface area contributed by atoms with Crippen LogP contribution in [0.5, 0.6) is 5.75 Å². The highest BCUT2D eigenvalue weighted by Crippen LogP contribution is 2.28. The lowest BCUT2D eigenvalue weighted by Crippen LogP contribution is -1.93. The molecule has 0 bridgehead atoms. The van der Waals surface area contributed by atoms with Crippen LogP contribution in [-0.2, 0) is 6.42 Å². The molecule has 0 spiro atoms. The monoisotopic (exact) mass is 320 g/mol. The Morgan fingerprint density at radius 3 is 2.04 bits per heavy atom. The zero-order valence-corrected chi connectivity index (χ0v) is 13.0. The van der Waals surface area contributed by atoms with E-state index in [9.17, 15) is 5.11 Å². The summed E-state index contributed by atoms with van der Waals surface area (Å²) in [5.74, 6) is 0.210. The second-order valence-corrected chi connectivity index (χ2v) is 5.86. The average molecular weight is 321 g/mol. The van der Waals surface area contributed by atoms with Crippen LogP contribution in [0, 0.1) is 0 Å². The third-order valence-corrected chi connectivity index (χ3v) is 4.25. The van der Waals surface area contributed by atoms with Gasteiger partial charge in [-0.3, -0.25) is 0 Å². The van der Waals surface area contributed by atoms with Crippen molar-refractivity contribution < 1.29 is 5.11 Å². The molecule has 0 saturated heterocycles. The van der Waals surface area contributed by atoms with Gasteiger partial charge < -0.3 is 5.11 Å². The molecule has 0 atom stereocenters. The molecule has 4 rings (SSSR count). The van der Waals surface area contributed by atoms with Gasteiger partial charge in [0.05, 0.1) is 22.1 Å². The lowest BCUT2D eigenvalue weighted by atomic mass is 10.0. The summed E-state index contributed by atoms with van der Waals surface area (Å²) in [6, 6.07) is 18.9. The van der Waals surface area contributed by atoms with E-state index in [1.165, 1.54) is 0 Å². The summed E-state index contributed by atoms with van der Waals surface area (Å²) in [7, 11) is 0. The maximum atomic E-state index is 10.3. The third-order valence-electron chi connectivity index (χ3n) is 3.88. The van der Waals surface area contributed by atoms with Gasteiger partial charge in [0.1, 0.15) is 5.75 Å². The van der Waals surface area contributed by atoms with Gasteiger partial charge in [0.2, 0.25) is 0 Å². The Kier molecular flexibility index (Phi) is 3.36. The number of phenolic OH excluding ortho intramolecular Hbond substituents is 1. The summed E-state index contributed by atoms with van der Waals surface area (Å²) in [6.07, 6.45) is 0.552. The first kappa shape index (κ1) is 14.0. The van der Waals surface area contributed by atoms with E-state index < -0.39 is 0 Å². The van der Waals surface area contributed by atoms with Crippen LogP contribution < -0.4 is 0 Å². The zero-order chi connectivity index (χ0) is 15.8. The SMILES string of the molecule is Oc1cc2nc3ccccc3nc2cc1Cc1ccccc1Cl. The smallest absolute Gasteiger partial charge is 0.121 e. The number of para-hydroxylation sites is 2. The van der Waals surface area contributed by atoms with Gasteiger partial charge in [-0.25, -0.2) is 9.97 Å². The standard InChI is InChI=1S/C19H13ClN2O/c20-14-6-2-1-5-12(14)9-13-10-17-18(11-19(13)23)22-16-8-4-3-7-15(16)21-17/h1-8,10-11,23H,9H2. The van der Waals surface area contributed by atoms with E-state index in [2.05, 4.69) is 9.97 Å².